The van der Waals surface area contributed by atoms with Crippen molar-refractivity contribution in [1.29, 1.82) is 0 Å². The molecule has 0 bridgehead atoms. The zero-order chi connectivity index (χ0) is 13.4. The SMILES string of the molecule is CCOc1ccc2[nH]c(C)c(-c3cc(N)n[nH]3)c2c1. The second-order valence-corrected chi connectivity index (χ2v) is 4.47. The third kappa shape index (κ3) is 1.93. The lowest BCUT2D eigenvalue weighted by Gasteiger charge is -2.03. The van der Waals surface area contributed by atoms with Crippen LogP contribution in [0.2, 0.25) is 0 Å². The fourth-order valence-electron chi connectivity index (χ4n) is 2.37. The van der Waals surface area contributed by atoms with E-state index in [0.717, 1.165) is 33.6 Å². The predicted molar refractivity (Wildman–Crippen MR) is 76.2 cm³/mol. The fraction of sp³-hybridized carbons (Fsp3) is 0.214. The van der Waals surface area contributed by atoms with E-state index in [-0.39, 0.29) is 0 Å². The third-order valence-corrected chi connectivity index (χ3v) is 3.14. The number of aromatic amines is 2. The van der Waals surface area contributed by atoms with Gasteiger partial charge in [-0.1, -0.05) is 0 Å². The molecule has 2 heterocycles. The molecule has 0 radical (unpaired) electrons. The summed E-state index contributed by atoms with van der Waals surface area (Å²) in [5.74, 6) is 1.35. The van der Waals surface area contributed by atoms with Crippen LogP contribution in [0.1, 0.15) is 12.6 Å². The summed E-state index contributed by atoms with van der Waals surface area (Å²) in [6.07, 6.45) is 0. The Kier molecular flexibility index (Phi) is 2.67. The Morgan fingerprint density at radius 1 is 1.32 bits per heavy atom. The number of anilines is 1. The molecule has 0 amide bonds. The molecule has 3 rings (SSSR count). The van der Waals surface area contributed by atoms with Gasteiger partial charge in [0.25, 0.3) is 0 Å². The van der Waals surface area contributed by atoms with Crippen molar-refractivity contribution in [3.8, 4) is 17.0 Å². The first-order valence-electron chi connectivity index (χ1n) is 6.25. The second kappa shape index (κ2) is 4.35. The average molecular weight is 256 g/mol. The summed E-state index contributed by atoms with van der Waals surface area (Å²) in [5.41, 5.74) is 9.82. The van der Waals surface area contributed by atoms with E-state index in [2.05, 4.69) is 15.2 Å². The molecule has 0 aliphatic rings. The van der Waals surface area contributed by atoms with E-state index >= 15 is 0 Å². The van der Waals surface area contributed by atoms with Gasteiger partial charge < -0.3 is 15.5 Å². The maximum atomic E-state index is 5.68. The van der Waals surface area contributed by atoms with Crippen molar-refractivity contribution >= 4 is 16.7 Å². The molecule has 3 aromatic rings. The van der Waals surface area contributed by atoms with E-state index in [0.29, 0.717) is 12.4 Å². The van der Waals surface area contributed by atoms with Crippen LogP contribution < -0.4 is 10.5 Å². The highest BCUT2D eigenvalue weighted by Gasteiger charge is 2.13. The number of ether oxygens (including phenoxy) is 1. The number of fused-ring (bicyclic) bond motifs is 1. The number of hydrogen-bond donors (Lipinski definition) is 3. The molecule has 19 heavy (non-hydrogen) atoms. The van der Waals surface area contributed by atoms with Crippen LogP contribution in [0.3, 0.4) is 0 Å². The summed E-state index contributed by atoms with van der Waals surface area (Å²) in [6, 6.07) is 7.86. The molecule has 4 N–H and O–H groups in total. The number of rotatable bonds is 3. The van der Waals surface area contributed by atoms with Crippen LogP contribution in [0.5, 0.6) is 5.75 Å². The van der Waals surface area contributed by atoms with E-state index < -0.39 is 0 Å². The van der Waals surface area contributed by atoms with Gasteiger partial charge in [-0.25, -0.2) is 0 Å². The topological polar surface area (TPSA) is 79.7 Å². The number of nitrogens with one attached hydrogen (secondary N) is 2. The van der Waals surface area contributed by atoms with E-state index in [4.69, 9.17) is 10.5 Å². The lowest BCUT2D eigenvalue weighted by Crippen LogP contribution is -1.90. The van der Waals surface area contributed by atoms with Crippen LogP contribution in [-0.4, -0.2) is 21.8 Å². The minimum atomic E-state index is 0.490. The molecular weight excluding hydrogens is 240 g/mol. The third-order valence-electron chi connectivity index (χ3n) is 3.14. The Morgan fingerprint density at radius 2 is 2.16 bits per heavy atom. The van der Waals surface area contributed by atoms with E-state index in [1.54, 1.807) is 0 Å². The number of aryl methyl sites for hydroxylation is 1. The molecule has 0 aliphatic heterocycles. The monoisotopic (exact) mass is 256 g/mol. The standard InChI is InChI=1S/C14H16N4O/c1-3-19-9-4-5-11-10(6-9)14(8(2)16-11)12-7-13(15)18-17-12/h4-7,16H,3H2,1-2H3,(H3,15,17,18). The first-order valence-corrected chi connectivity index (χ1v) is 6.25. The molecule has 2 aromatic heterocycles. The molecule has 0 unspecified atom stereocenters. The maximum Gasteiger partial charge on any atom is 0.145 e. The van der Waals surface area contributed by atoms with E-state index in [9.17, 15) is 0 Å². The first-order chi connectivity index (χ1) is 9.19. The quantitative estimate of drug-likeness (QED) is 0.674. The van der Waals surface area contributed by atoms with Crippen molar-refractivity contribution < 1.29 is 4.74 Å². The van der Waals surface area contributed by atoms with Crippen LogP contribution in [0.15, 0.2) is 24.3 Å². The summed E-state index contributed by atoms with van der Waals surface area (Å²) in [7, 11) is 0. The Hall–Kier alpha value is -2.43. The van der Waals surface area contributed by atoms with Gasteiger partial charge in [0.1, 0.15) is 11.6 Å². The summed E-state index contributed by atoms with van der Waals surface area (Å²) >= 11 is 0. The molecule has 0 atom stereocenters. The normalized spacial score (nSPS) is 11.1. The molecule has 0 spiro atoms. The molecule has 98 valence electrons. The number of nitrogen functional groups attached to an aromatic ring is 1. The van der Waals surface area contributed by atoms with Crippen LogP contribution in [0, 0.1) is 6.92 Å². The molecule has 5 nitrogen and oxygen atoms in total. The van der Waals surface area contributed by atoms with Crippen molar-refractivity contribution in [3.05, 3.63) is 30.0 Å². The van der Waals surface area contributed by atoms with Gasteiger partial charge in [0.2, 0.25) is 0 Å². The van der Waals surface area contributed by atoms with Crippen LogP contribution in [0.4, 0.5) is 5.82 Å². The fourth-order valence-corrected chi connectivity index (χ4v) is 2.37. The van der Waals surface area contributed by atoms with Crippen molar-refractivity contribution in [1.82, 2.24) is 15.2 Å². The highest BCUT2D eigenvalue weighted by atomic mass is 16.5. The highest BCUT2D eigenvalue weighted by Crippen LogP contribution is 2.33. The van der Waals surface area contributed by atoms with Gasteiger partial charge in [0.15, 0.2) is 0 Å². The van der Waals surface area contributed by atoms with Gasteiger partial charge in [-0.05, 0) is 32.0 Å². The number of benzene rings is 1. The van der Waals surface area contributed by atoms with Crippen molar-refractivity contribution in [3.63, 3.8) is 0 Å². The number of hydrogen-bond acceptors (Lipinski definition) is 3. The van der Waals surface area contributed by atoms with Crippen molar-refractivity contribution in [2.75, 3.05) is 12.3 Å². The Morgan fingerprint density at radius 3 is 2.84 bits per heavy atom. The molecule has 0 saturated heterocycles. The number of H-pyrrole nitrogens is 2. The number of nitrogens with two attached hydrogens (primary N) is 1. The van der Waals surface area contributed by atoms with Crippen molar-refractivity contribution in [2.45, 2.75) is 13.8 Å². The zero-order valence-corrected chi connectivity index (χ0v) is 10.9. The minimum absolute atomic E-state index is 0.490. The second-order valence-electron chi connectivity index (χ2n) is 4.47. The van der Waals surface area contributed by atoms with Crippen LogP contribution in [0.25, 0.3) is 22.2 Å². The lowest BCUT2D eigenvalue weighted by atomic mass is 10.1. The summed E-state index contributed by atoms with van der Waals surface area (Å²) < 4.78 is 5.55. The smallest absolute Gasteiger partial charge is 0.145 e. The predicted octanol–water partition coefficient (Wildman–Crippen LogP) is 2.85. The van der Waals surface area contributed by atoms with Crippen molar-refractivity contribution in [2.24, 2.45) is 0 Å². The maximum absolute atomic E-state index is 5.68. The number of aromatic nitrogens is 3. The summed E-state index contributed by atoms with van der Waals surface area (Å²) in [4.78, 5) is 3.36. The minimum Gasteiger partial charge on any atom is -0.494 e. The van der Waals surface area contributed by atoms with Gasteiger partial charge >= 0.3 is 0 Å². The van der Waals surface area contributed by atoms with Gasteiger partial charge in [0, 0.05) is 28.2 Å². The van der Waals surface area contributed by atoms with Gasteiger partial charge in [-0.2, -0.15) is 5.10 Å². The Labute approximate surface area is 110 Å². The molecule has 0 aliphatic carbocycles. The summed E-state index contributed by atoms with van der Waals surface area (Å²) in [6.45, 7) is 4.66. The molecule has 1 aromatic carbocycles. The first kappa shape index (κ1) is 11.6. The van der Waals surface area contributed by atoms with E-state index in [1.807, 2.05) is 38.1 Å². The van der Waals surface area contributed by atoms with Crippen LogP contribution in [-0.2, 0) is 0 Å². The van der Waals surface area contributed by atoms with Gasteiger partial charge in [0.05, 0.1) is 12.3 Å². The number of nitrogens with zero attached hydrogens (tertiary/aromatic N) is 1. The molecule has 5 heteroatoms. The Bertz CT molecular complexity index is 726. The lowest BCUT2D eigenvalue weighted by molar-refractivity contribution is 0.341. The van der Waals surface area contributed by atoms with Crippen LogP contribution >= 0.6 is 0 Å². The van der Waals surface area contributed by atoms with Gasteiger partial charge in [-0.15, -0.1) is 0 Å². The largest absolute Gasteiger partial charge is 0.494 e. The average Bonchev–Trinajstić information content (AvgIpc) is 2.92. The van der Waals surface area contributed by atoms with Gasteiger partial charge in [-0.3, -0.25) is 5.10 Å². The Balaban J connectivity index is 2.22. The molecular formula is C14H16N4O. The van der Waals surface area contributed by atoms with E-state index in [1.165, 1.54) is 0 Å². The zero-order valence-electron chi connectivity index (χ0n) is 10.9. The molecule has 0 fully saturated rings. The highest BCUT2D eigenvalue weighted by molar-refractivity contribution is 5.97. The molecule has 0 saturated carbocycles. The summed E-state index contributed by atoms with van der Waals surface area (Å²) in [5, 5.41) is 8.05.